The Balaban J connectivity index is 1.68. The van der Waals surface area contributed by atoms with Crippen LogP contribution in [0.15, 0.2) is 11.6 Å². The molecule has 3 N–H and O–H groups in total. The second-order valence-electron chi connectivity index (χ2n) is 8.88. The van der Waals surface area contributed by atoms with Gasteiger partial charge in [-0.3, -0.25) is 0 Å². The van der Waals surface area contributed by atoms with E-state index in [9.17, 15) is 5.11 Å². The number of rotatable bonds is 0. The maximum atomic E-state index is 10.0. The molecule has 0 heterocycles. The quantitative estimate of drug-likeness (QED) is 0.669. The highest BCUT2D eigenvalue weighted by molar-refractivity contribution is 5.25. The molecular formula is C19H31NO. The molecule has 4 aliphatic carbocycles. The van der Waals surface area contributed by atoms with E-state index in [0.717, 1.165) is 30.6 Å². The first kappa shape index (κ1) is 14.3. The average Bonchev–Trinajstić information content (AvgIpc) is 2.76. The molecule has 0 amide bonds. The molecule has 0 radical (unpaired) electrons. The van der Waals surface area contributed by atoms with Gasteiger partial charge in [-0.2, -0.15) is 0 Å². The van der Waals surface area contributed by atoms with Gasteiger partial charge in [-0.05, 0) is 80.0 Å². The normalized spacial score (nSPS) is 56.2. The van der Waals surface area contributed by atoms with Crippen molar-refractivity contribution in [3.8, 4) is 0 Å². The fourth-order valence-electron chi connectivity index (χ4n) is 6.68. The lowest BCUT2D eigenvalue weighted by Gasteiger charge is -2.57. The SMILES string of the molecule is C[C@@]12CC[C@@H]3[C@H](CC=C4C[C@@H](O)CC[C@@]43C)[C@H]1CC[C@H]2N. The van der Waals surface area contributed by atoms with Gasteiger partial charge in [-0.15, -0.1) is 0 Å². The van der Waals surface area contributed by atoms with E-state index in [1.807, 2.05) is 0 Å². The summed E-state index contributed by atoms with van der Waals surface area (Å²) in [7, 11) is 0. The third-order valence-electron chi connectivity index (χ3n) is 8.15. The van der Waals surface area contributed by atoms with Crippen LogP contribution >= 0.6 is 0 Å². The second-order valence-corrected chi connectivity index (χ2v) is 8.88. The zero-order valence-electron chi connectivity index (χ0n) is 13.6. The summed E-state index contributed by atoms with van der Waals surface area (Å²) in [5.41, 5.74) is 8.83. The zero-order valence-corrected chi connectivity index (χ0v) is 13.6. The van der Waals surface area contributed by atoms with E-state index >= 15 is 0 Å². The molecule has 2 nitrogen and oxygen atoms in total. The van der Waals surface area contributed by atoms with Crippen molar-refractivity contribution in [3.05, 3.63) is 11.6 Å². The number of nitrogens with two attached hydrogens (primary N) is 1. The monoisotopic (exact) mass is 289 g/mol. The first-order valence-electron chi connectivity index (χ1n) is 9.08. The Hall–Kier alpha value is -0.340. The minimum Gasteiger partial charge on any atom is -0.393 e. The summed E-state index contributed by atoms with van der Waals surface area (Å²) in [6.45, 7) is 4.97. The lowest BCUT2D eigenvalue weighted by atomic mass is 9.48. The Bertz CT molecular complexity index is 472. The van der Waals surface area contributed by atoms with Crippen molar-refractivity contribution < 1.29 is 5.11 Å². The Morgan fingerprint density at radius 2 is 1.90 bits per heavy atom. The third-order valence-corrected chi connectivity index (χ3v) is 8.15. The van der Waals surface area contributed by atoms with Gasteiger partial charge in [0.15, 0.2) is 0 Å². The predicted molar refractivity (Wildman–Crippen MR) is 85.7 cm³/mol. The van der Waals surface area contributed by atoms with Crippen molar-refractivity contribution in [2.24, 2.45) is 34.3 Å². The standard InChI is InChI=1S/C19H31NO/c1-18-9-7-13(21)11-12(18)3-4-14-15-5-6-17(20)19(15,2)10-8-16(14)18/h3,13-17,21H,4-11,20H2,1-2H3/t13-,14+,15+,16+,17+,18-,19+/m0/s1. The van der Waals surface area contributed by atoms with Crippen LogP contribution in [-0.4, -0.2) is 17.3 Å². The van der Waals surface area contributed by atoms with Crippen molar-refractivity contribution in [2.75, 3.05) is 0 Å². The van der Waals surface area contributed by atoms with Crippen LogP contribution in [0.5, 0.6) is 0 Å². The minimum atomic E-state index is -0.0883. The van der Waals surface area contributed by atoms with Gasteiger partial charge in [0.2, 0.25) is 0 Å². The Morgan fingerprint density at radius 1 is 1.10 bits per heavy atom. The highest BCUT2D eigenvalue weighted by Gasteiger charge is 2.57. The molecule has 0 spiro atoms. The van der Waals surface area contributed by atoms with Crippen molar-refractivity contribution in [1.29, 1.82) is 0 Å². The van der Waals surface area contributed by atoms with E-state index in [0.29, 0.717) is 16.9 Å². The van der Waals surface area contributed by atoms with Crippen LogP contribution in [0, 0.1) is 28.6 Å². The van der Waals surface area contributed by atoms with Gasteiger partial charge >= 0.3 is 0 Å². The highest BCUT2D eigenvalue weighted by Crippen LogP contribution is 2.64. The Kier molecular flexibility index (Phi) is 3.11. The van der Waals surface area contributed by atoms with E-state index in [-0.39, 0.29) is 6.10 Å². The van der Waals surface area contributed by atoms with E-state index in [1.54, 1.807) is 5.57 Å². The molecule has 0 aromatic heterocycles. The van der Waals surface area contributed by atoms with E-state index in [2.05, 4.69) is 19.9 Å². The Morgan fingerprint density at radius 3 is 2.71 bits per heavy atom. The van der Waals surface area contributed by atoms with Gasteiger partial charge in [0.25, 0.3) is 0 Å². The number of hydrogen-bond acceptors (Lipinski definition) is 2. The molecule has 21 heavy (non-hydrogen) atoms. The van der Waals surface area contributed by atoms with Crippen LogP contribution in [0.3, 0.4) is 0 Å². The molecule has 3 fully saturated rings. The number of hydrogen-bond donors (Lipinski definition) is 2. The summed E-state index contributed by atoms with van der Waals surface area (Å²) < 4.78 is 0. The van der Waals surface area contributed by atoms with Gasteiger partial charge in [0.1, 0.15) is 0 Å². The van der Waals surface area contributed by atoms with Crippen LogP contribution in [0.2, 0.25) is 0 Å². The maximum absolute atomic E-state index is 10.0. The molecule has 118 valence electrons. The fraction of sp³-hybridized carbons (Fsp3) is 0.895. The summed E-state index contributed by atoms with van der Waals surface area (Å²) in [6, 6.07) is 0.426. The van der Waals surface area contributed by atoms with Crippen LogP contribution in [-0.2, 0) is 0 Å². The maximum Gasteiger partial charge on any atom is 0.0577 e. The van der Waals surface area contributed by atoms with E-state index in [1.165, 1.54) is 38.5 Å². The summed E-state index contributed by atoms with van der Waals surface area (Å²) in [5, 5.41) is 10.0. The summed E-state index contributed by atoms with van der Waals surface area (Å²) in [6.07, 6.45) is 12.1. The van der Waals surface area contributed by atoms with Crippen LogP contribution in [0.4, 0.5) is 0 Å². The number of aliphatic hydroxyl groups excluding tert-OH is 1. The molecule has 0 unspecified atom stereocenters. The van der Waals surface area contributed by atoms with Crippen molar-refractivity contribution in [3.63, 3.8) is 0 Å². The van der Waals surface area contributed by atoms with Gasteiger partial charge < -0.3 is 10.8 Å². The molecule has 4 aliphatic rings. The number of allylic oxidation sites excluding steroid dienone is 1. The van der Waals surface area contributed by atoms with Crippen LogP contribution in [0.25, 0.3) is 0 Å². The van der Waals surface area contributed by atoms with Gasteiger partial charge in [-0.25, -0.2) is 0 Å². The second kappa shape index (κ2) is 4.58. The lowest BCUT2D eigenvalue weighted by molar-refractivity contribution is -0.0401. The molecule has 0 aliphatic heterocycles. The van der Waals surface area contributed by atoms with Crippen molar-refractivity contribution in [2.45, 2.75) is 77.4 Å². The predicted octanol–water partition coefficient (Wildman–Crippen LogP) is 3.64. The molecule has 0 aromatic rings. The smallest absolute Gasteiger partial charge is 0.0577 e. The van der Waals surface area contributed by atoms with Gasteiger partial charge in [0, 0.05) is 6.04 Å². The third kappa shape index (κ3) is 1.84. The summed E-state index contributed by atoms with van der Waals surface area (Å²) in [4.78, 5) is 0. The number of aliphatic hydroxyl groups is 1. The average molecular weight is 289 g/mol. The lowest BCUT2D eigenvalue weighted by Crippen LogP contribution is -2.52. The van der Waals surface area contributed by atoms with Gasteiger partial charge in [0.05, 0.1) is 6.10 Å². The van der Waals surface area contributed by atoms with Crippen molar-refractivity contribution >= 4 is 0 Å². The summed E-state index contributed by atoms with van der Waals surface area (Å²) >= 11 is 0. The van der Waals surface area contributed by atoms with Crippen LogP contribution in [0.1, 0.15) is 65.2 Å². The first-order valence-corrected chi connectivity index (χ1v) is 9.08. The van der Waals surface area contributed by atoms with Crippen LogP contribution < -0.4 is 5.73 Å². The molecule has 0 aromatic carbocycles. The largest absolute Gasteiger partial charge is 0.393 e. The molecule has 2 heteroatoms. The molecule has 4 rings (SSSR count). The van der Waals surface area contributed by atoms with Gasteiger partial charge in [-0.1, -0.05) is 25.5 Å². The first-order chi connectivity index (χ1) is 9.95. The molecule has 0 bridgehead atoms. The number of fused-ring (bicyclic) bond motifs is 5. The zero-order chi connectivity index (χ0) is 14.8. The van der Waals surface area contributed by atoms with E-state index in [4.69, 9.17) is 5.73 Å². The Labute approximate surface area is 129 Å². The summed E-state index contributed by atoms with van der Waals surface area (Å²) in [5.74, 6) is 2.53. The highest BCUT2D eigenvalue weighted by atomic mass is 16.3. The minimum absolute atomic E-state index is 0.0883. The van der Waals surface area contributed by atoms with E-state index < -0.39 is 0 Å². The molecule has 0 saturated heterocycles. The van der Waals surface area contributed by atoms with Crippen molar-refractivity contribution in [1.82, 2.24) is 0 Å². The molecular weight excluding hydrogens is 258 g/mol. The molecule has 3 saturated carbocycles. The fourth-order valence-corrected chi connectivity index (χ4v) is 6.68. The molecule has 7 atom stereocenters. The topological polar surface area (TPSA) is 46.2 Å².